The molecule has 0 radical (unpaired) electrons. The van der Waals surface area contributed by atoms with E-state index in [1.807, 2.05) is 0 Å². The monoisotopic (exact) mass is 713 g/mol. The topological polar surface area (TPSA) is 3.24 Å². The van der Waals surface area contributed by atoms with Crippen LogP contribution in [-0.4, -0.2) is 0 Å². The first kappa shape index (κ1) is 32.4. The lowest BCUT2D eigenvalue weighted by molar-refractivity contribution is 0.0426. The van der Waals surface area contributed by atoms with Gasteiger partial charge in [-0.05, 0) is 172 Å². The molecule has 0 N–H and O–H groups in total. The molecule has 1 unspecified atom stereocenters. The zero-order valence-corrected chi connectivity index (χ0v) is 32.3. The molecule has 1 nitrogen and oxygen atoms in total. The van der Waals surface area contributed by atoms with E-state index in [0.29, 0.717) is 11.8 Å². The van der Waals surface area contributed by atoms with Gasteiger partial charge >= 0.3 is 0 Å². The quantitative estimate of drug-likeness (QED) is 0.176. The van der Waals surface area contributed by atoms with Gasteiger partial charge in [-0.3, -0.25) is 0 Å². The smallest absolute Gasteiger partial charge is 0.0467 e. The molecule has 4 fully saturated rings. The lowest BCUT2D eigenvalue weighted by Crippen LogP contribution is -2.49. The highest BCUT2D eigenvalue weighted by atomic mass is 15.1. The van der Waals surface area contributed by atoms with Crippen LogP contribution in [0.15, 0.2) is 140 Å². The van der Waals surface area contributed by atoms with Crippen molar-refractivity contribution in [3.8, 4) is 33.4 Å². The maximum atomic E-state index is 2.66. The Balaban J connectivity index is 1.08. The number of hydrogen-bond acceptors (Lipinski definition) is 1. The normalized spacial score (nSPS) is 30.3. The van der Waals surface area contributed by atoms with Crippen LogP contribution in [0.5, 0.6) is 0 Å². The molecule has 6 aromatic carbocycles. The van der Waals surface area contributed by atoms with Crippen LogP contribution in [0.2, 0.25) is 0 Å². The van der Waals surface area contributed by atoms with Crippen LogP contribution in [0.1, 0.15) is 87.5 Å². The molecule has 0 aromatic heterocycles. The maximum absolute atomic E-state index is 2.66. The van der Waals surface area contributed by atoms with Gasteiger partial charge in [0.15, 0.2) is 0 Å². The Morgan fingerprint density at radius 3 is 1.85 bits per heavy atom. The van der Waals surface area contributed by atoms with E-state index < -0.39 is 0 Å². The van der Waals surface area contributed by atoms with Gasteiger partial charge in [-0.2, -0.15) is 0 Å². The molecular weight excluding hydrogens is 663 g/mol. The SMILES string of the molecule is C[C@@H]1CC2C[C@@H](C1)[C@@]1(c3ccccc3-c3ccc(N(c4cccc(-c5ccccc5)c4)c4ccc5c(c4)[C@]4(C[C@H]6CC[C@@H]4C6)c4ccccc4-5)cc31)[C@@H](C)C2. The minimum Gasteiger partial charge on any atom is -0.310 e. The highest BCUT2D eigenvalue weighted by Gasteiger charge is 2.58. The second-order valence-corrected chi connectivity index (χ2v) is 18.7. The fourth-order valence-corrected chi connectivity index (χ4v) is 14.3. The van der Waals surface area contributed by atoms with Crippen molar-refractivity contribution in [3.63, 3.8) is 0 Å². The standard InChI is InChI=1S/C54H51N/c1-34-25-37-27-35(2)54(41(26-34)29-37)50-18-9-7-16-46(50)48-24-22-44(32-52(48)54)55(42-14-10-13-39(30-42)38-11-4-3-5-12-38)43-21-23-47-45-15-6-8-17-49(45)53(51(47)31-43)33-36-19-20-40(53)28-36/h3-18,21-24,30-32,34-37,40-41H,19-20,25-29,33H2,1-2H3/t34-,35+,36+,37?,40-,41-,53+,54-/m1/s1. The van der Waals surface area contributed by atoms with Crippen molar-refractivity contribution < 1.29 is 0 Å². The summed E-state index contributed by atoms with van der Waals surface area (Å²) in [5.41, 5.74) is 18.7. The number of anilines is 3. The average Bonchev–Trinajstić information content (AvgIpc) is 3.97. The van der Waals surface area contributed by atoms with Crippen molar-refractivity contribution in [2.24, 2.45) is 35.5 Å². The first-order chi connectivity index (χ1) is 27.0. The van der Waals surface area contributed by atoms with E-state index in [2.05, 4.69) is 158 Å². The van der Waals surface area contributed by atoms with Crippen LogP contribution in [-0.2, 0) is 10.8 Å². The van der Waals surface area contributed by atoms with Crippen LogP contribution < -0.4 is 4.90 Å². The Bertz CT molecular complexity index is 2490. The molecule has 0 amide bonds. The highest BCUT2D eigenvalue weighted by Crippen LogP contribution is 2.67. The molecule has 6 aliphatic carbocycles. The van der Waals surface area contributed by atoms with Crippen molar-refractivity contribution in [2.45, 2.75) is 76.0 Å². The first-order valence-electron chi connectivity index (χ1n) is 21.5. The van der Waals surface area contributed by atoms with Gasteiger partial charge < -0.3 is 4.90 Å². The molecule has 1 heteroatoms. The summed E-state index contributed by atoms with van der Waals surface area (Å²) in [5.74, 6) is 4.51. The Morgan fingerprint density at radius 1 is 0.455 bits per heavy atom. The zero-order valence-electron chi connectivity index (χ0n) is 32.3. The molecule has 6 aliphatic rings. The van der Waals surface area contributed by atoms with Gasteiger partial charge in [0.1, 0.15) is 0 Å². The van der Waals surface area contributed by atoms with Crippen LogP contribution in [0.3, 0.4) is 0 Å². The summed E-state index contributed by atoms with van der Waals surface area (Å²) >= 11 is 0. The van der Waals surface area contributed by atoms with E-state index in [4.69, 9.17) is 0 Å². The van der Waals surface area contributed by atoms with Gasteiger partial charge in [0, 0.05) is 27.9 Å². The molecule has 8 atom stereocenters. The van der Waals surface area contributed by atoms with Crippen LogP contribution >= 0.6 is 0 Å². The Labute approximate surface area is 327 Å². The van der Waals surface area contributed by atoms with Crippen LogP contribution in [0.4, 0.5) is 17.1 Å². The number of nitrogens with zero attached hydrogens (tertiary/aromatic N) is 1. The van der Waals surface area contributed by atoms with Gasteiger partial charge in [0.25, 0.3) is 0 Å². The van der Waals surface area contributed by atoms with Gasteiger partial charge in [0.05, 0.1) is 0 Å². The van der Waals surface area contributed by atoms with Gasteiger partial charge in [-0.1, -0.05) is 123 Å². The molecule has 272 valence electrons. The summed E-state index contributed by atoms with van der Waals surface area (Å²) in [6.07, 6.45) is 10.9. The molecule has 0 saturated heterocycles. The van der Waals surface area contributed by atoms with Crippen LogP contribution in [0.25, 0.3) is 33.4 Å². The second kappa shape index (κ2) is 11.8. The third-order valence-electron chi connectivity index (χ3n) is 16.0. The van der Waals surface area contributed by atoms with Crippen LogP contribution in [0, 0.1) is 35.5 Å². The third-order valence-corrected chi connectivity index (χ3v) is 16.0. The summed E-state index contributed by atoms with van der Waals surface area (Å²) < 4.78 is 0. The number of rotatable bonds is 4. The summed E-state index contributed by atoms with van der Waals surface area (Å²) in [4.78, 5) is 2.62. The van der Waals surface area contributed by atoms with E-state index >= 15 is 0 Å². The summed E-state index contributed by atoms with van der Waals surface area (Å²) in [6, 6.07) is 54.3. The summed E-state index contributed by atoms with van der Waals surface area (Å²) in [6.45, 7) is 5.12. The fourth-order valence-electron chi connectivity index (χ4n) is 14.3. The Hall–Kier alpha value is -4.88. The lowest BCUT2D eigenvalue weighted by Gasteiger charge is -2.54. The summed E-state index contributed by atoms with van der Waals surface area (Å²) in [7, 11) is 0. The molecule has 0 aliphatic heterocycles. The van der Waals surface area contributed by atoms with Gasteiger partial charge in [0.2, 0.25) is 0 Å². The van der Waals surface area contributed by atoms with E-state index in [1.165, 1.54) is 102 Å². The van der Waals surface area contributed by atoms with Crippen molar-refractivity contribution in [1.82, 2.24) is 0 Å². The number of hydrogen-bond donors (Lipinski definition) is 0. The predicted molar refractivity (Wildman–Crippen MR) is 228 cm³/mol. The van der Waals surface area contributed by atoms with Crippen molar-refractivity contribution in [1.29, 1.82) is 0 Å². The molecule has 4 saturated carbocycles. The third kappa shape index (κ3) is 4.42. The maximum Gasteiger partial charge on any atom is 0.0467 e. The zero-order chi connectivity index (χ0) is 36.5. The van der Waals surface area contributed by atoms with Crippen molar-refractivity contribution in [2.75, 3.05) is 4.90 Å². The summed E-state index contributed by atoms with van der Waals surface area (Å²) in [5, 5.41) is 0. The van der Waals surface area contributed by atoms with E-state index in [-0.39, 0.29) is 10.8 Å². The number of fused-ring (bicyclic) bond motifs is 16. The lowest BCUT2D eigenvalue weighted by atomic mass is 9.49. The average molecular weight is 714 g/mol. The largest absolute Gasteiger partial charge is 0.310 e. The molecule has 0 heterocycles. The second-order valence-electron chi connectivity index (χ2n) is 18.7. The first-order valence-corrected chi connectivity index (χ1v) is 21.5. The minimum absolute atomic E-state index is 0.0530. The highest BCUT2D eigenvalue weighted by molar-refractivity contribution is 5.89. The van der Waals surface area contributed by atoms with Crippen molar-refractivity contribution in [3.05, 3.63) is 162 Å². The Morgan fingerprint density at radius 2 is 1.09 bits per heavy atom. The fraction of sp³-hybridized carbons (Fsp3) is 0.333. The molecular formula is C54H51N. The van der Waals surface area contributed by atoms with E-state index in [0.717, 1.165) is 23.7 Å². The molecule has 55 heavy (non-hydrogen) atoms. The van der Waals surface area contributed by atoms with E-state index in [1.54, 1.807) is 22.3 Å². The predicted octanol–water partition coefficient (Wildman–Crippen LogP) is 14.3. The van der Waals surface area contributed by atoms with Gasteiger partial charge in [-0.25, -0.2) is 0 Å². The Kier molecular flexibility index (Phi) is 6.95. The molecule has 4 bridgehead atoms. The number of benzene rings is 6. The molecule has 2 spiro atoms. The van der Waals surface area contributed by atoms with Crippen molar-refractivity contribution >= 4 is 17.1 Å². The molecule has 12 rings (SSSR count). The molecule has 6 aromatic rings. The van der Waals surface area contributed by atoms with Gasteiger partial charge in [-0.15, -0.1) is 0 Å². The van der Waals surface area contributed by atoms with E-state index in [9.17, 15) is 0 Å². The minimum atomic E-state index is 0.0530.